The lowest BCUT2D eigenvalue weighted by molar-refractivity contribution is -0.383. The molecule has 0 aliphatic carbocycles. The van der Waals surface area contributed by atoms with Gasteiger partial charge in [-0.15, -0.1) is 0 Å². The van der Waals surface area contributed by atoms with Crippen molar-refractivity contribution < 1.29 is 19.3 Å². The van der Waals surface area contributed by atoms with Crippen molar-refractivity contribution in [1.29, 1.82) is 0 Å². The third kappa shape index (κ3) is 5.10. The number of amides is 3. The molecule has 0 saturated carbocycles. The molecule has 11 nitrogen and oxygen atoms in total. The molecule has 6 N–H and O–H groups in total. The third-order valence-corrected chi connectivity index (χ3v) is 5.58. The fraction of sp³-hybridized carbons (Fsp3) is 0.120. The standard InChI is InChI=1S/C25H22N6O5/c26-17(10-12-22(27)32)25(34)30-24(33)14-9-11-20(21(13-14)31(35)36)29-23-15-5-1-3-7-18(15)28-19-8-4-2-6-16(19)23/h1-9,11,13,17H,10,12,26H2,(H2,27,32)(H,28,29)(H,30,33,34)/t17-/m0/s1. The van der Waals surface area contributed by atoms with Gasteiger partial charge in [0.05, 0.1) is 27.7 Å². The Kier molecular flexibility index (Phi) is 6.84. The number of benzene rings is 3. The normalized spacial score (nSPS) is 11.7. The van der Waals surface area contributed by atoms with E-state index in [9.17, 15) is 24.5 Å². The van der Waals surface area contributed by atoms with Crippen LogP contribution in [-0.4, -0.2) is 33.7 Å². The molecule has 0 unspecified atom stereocenters. The number of hydrogen-bond acceptors (Lipinski definition) is 8. The molecular formula is C25H22N6O5. The van der Waals surface area contributed by atoms with Crippen molar-refractivity contribution in [3.05, 3.63) is 82.4 Å². The molecule has 1 atom stereocenters. The quantitative estimate of drug-likeness (QED) is 0.166. The molecule has 3 amide bonds. The molecule has 4 aromatic rings. The summed E-state index contributed by atoms with van der Waals surface area (Å²) in [5.74, 6) is -2.30. The zero-order valence-corrected chi connectivity index (χ0v) is 18.9. The van der Waals surface area contributed by atoms with E-state index in [1.807, 2.05) is 48.5 Å². The average Bonchev–Trinajstić information content (AvgIpc) is 2.86. The van der Waals surface area contributed by atoms with Crippen LogP contribution in [0.25, 0.3) is 21.8 Å². The minimum atomic E-state index is -1.13. The number of rotatable bonds is 8. The minimum absolute atomic E-state index is 0.0364. The number of nitrogens with one attached hydrogen (secondary N) is 2. The number of nitro benzene ring substituents is 1. The Labute approximate surface area is 204 Å². The second kappa shape index (κ2) is 10.2. The first-order chi connectivity index (χ1) is 17.2. The number of fused-ring (bicyclic) bond motifs is 2. The van der Waals surface area contributed by atoms with Gasteiger partial charge in [0, 0.05) is 28.8 Å². The highest BCUT2D eigenvalue weighted by Gasteiger charge is 2.22. The van der Waals surface area contributed by atoms with Gasteiger partial charge in [0.1, 0.15) is 5.69 Å². The lowest BCUT2D eigenvalue weighted by Crippen LogP contribution is -2.43. The minimum Gasteiger partial charge on any atom is -0.370 e. The molecule has 182 valence electrons. The van der Waals surface area contributed by atoms with Crippen LogP contribution >= 0.6 is 0 Å². The SMILES string of the molecule is NC(=O)CC[C@H](N)C(=O)NC(=O)c1ccc(Nc2c3ccccc3nc3ccccc23)c([N+](=O)[O-])c1. The van der Waals surface area contributed by atoms with Gasteiger partial charge in [-0.05, 0) is 30.7 Å². The smallest absolute Gasteiger partial charge is 0.293 e. The Hall–Kier alpha value is -4.90. The number of aromatic nitrogens is 1. The van der Waals surface area contributed by atoms with Gasteiger partial charge < -0.3 is 16.8 Å². The van der Waals surface area contributed by atoms with Crippen LogP contribution in [0.1, 0.15) is 23.2 Å². The summed E-state index contributed by atoms with van der Waals surface area (Å²) in [5.41, 5.74) is 12.5. The first-order valence-electron chi connectivity index (χ1n) is 11.0. The number of nitrogens with two attached hydrogens (primary N) is 2. The Morgan fingerprint density at radius 2 is 1.58 bits per heavy atom. The number of nitro groups is 1. The maximum atomic E-state index is 12.6. The zero-order valence-electron chi connectivity index (χ0n) is 18.9. The molecule has 11 heteroatoms. The number of primary amides is 1. The van der Waals surface area contributed by atoms with E-state index in [2.05, 4.69) is 15.6 Å². The van der Waals surface area contributed by atoms with Crippen molar-refractivity contribution in [2.75, 3.05) is 5.32 Å². The van der Waals surface area contributed by atoms with Gasteiger partial charge in [-0.1, -0.05) is 36.4 Å². The number of pyridine rings is 1. The summed E-state index contributed by atoms with van der Waals surface area (Å²) in [6.45, 7) is 0. The van der Waals surface area contributed by atoms with E-state index in [-0.39, 0.29) is 29.8 Å². The molecule has 0 aliphatic rings. The summed E-state index contributed by atoms with van der Waals surface area (Å²) in [5, 5.41) is 18.7. The van der Waals surface area contributed by atoms with Crippen LogP contribution in [-0.2, 0) is 9.59 Å². The molecule has 36 heavy (non-hydrogen) atoms. The number of anilines is 2. The number of carbonyl (C=O) groups is 3. The summed E-state index contributed by atoms with van der Waals surface area (Å²) in [7, 11) is 0. The number of nitrogens with zero attached hydrogens (tertiary/aromatic N) is 2. The Bertz CT molecular complexity index is 1470. The van der Waals surface area contributed by atoms with E-state index in [1.165, 1.54) is 12.1 Å². The van der Waals surface area contributed by atoms with Crippen LogP contribution in [0.15, 0.2) is 66.7 Å². The lowest BCUT2D eigenvalue weighted by atomic mass is 10.1. The maximum absolute atomic E-state index is 12.6. The molecule has 3 aromatic carbocycles. The topological polar surface area (TPSA) is 183 Å². The predicted molar refractivity (Wildman–Crippen MR) is 135 cm³/mol. The predicted octanol–water partition coefficient (Wildman–Crippen LogP) is 2.89. The first-order valence-corrected chi connectivity index (χ1v) is 11.0. The van der Waals surface area contributed by atoms with Crippen LogP contribution in [0.5, 0.6) is 0 Å². The van der Waals surface area contributed by atoms with Gasteiger partial charge >= 0.3 is 0 Å². The second-order valence-corrected chi connectivity index (χ2v) is 8.06. The number of para-hydroxylation sites is 2. The van der Waals surface area contributed by atoms with Crippen molar-refractivity contribution >= 4 is 56.6 Å². The lowest BCUT2D eigenvalue weighted by Gasteiger charge is -2.14. The van der Waals surface area contributed by atoms with E-state index in [0.717, 1.165) is 16.8 Å². The highest BCUT2D eigenvalue weighted by Crippen LogP contribution is 2.36. The molecule has 0 saturated heterocycles. The fourth-order valence-electron chi connectivity index (χ4n) is 3.74. The molecule has 4 rings (SSSR count). The van der Waals surface area contributed by atoms with Crippen molar-refractivity contribution in [3.63, 3.8) is 0 Å². The Balaban J connectivity index is 1.66. The fourth-order valence-corrected chi connectivity index (χ4v) is 3.74. The van der Waals surface area contributed by atoms with Gasteiger partial charge in [-0.25, -0.2) is 4.98 Å². The first kappa shape index (κ1) is 24.2. The van der Waals surface area contributed by atoms with Crippen molar-refractivity contribution in [2.45, 2.75) is 18.9 Å². The zero-order chi connectivity index (χ0) is 25.8. The van der Waals surface area contributed by atoms with Crippen LogP contribution in [0.4, 0.5) is 17.1 Å². The van der Waals surface area contributed by atoms with Crippen molar-refractivity contribution in [3.8, 4) is 0 Å². The molecule has 0 spiro atoms. The summed E-state index contributed by atoms with van der Waals surface area (Å²) in [6, 6.07) is 17.5. The monoisotopic (exact) mass is 486 g/mol. The van der Waals surface area contributed by atoms with Gasteiger partial charge in [0.15, 0.2) is 0 Å². The molecule has 1 heterocycles. The van der Waals surface area contributed by atoms with Crippen LogP contribution in [0.2, 0.25) is 0 Å². The summed E-state index contributed by atoms with van der Waals surface area (Å²) in [4.78, 5) is 51.5. The molecule has 0 radical (unpaired) electrons. The number of imide groups is 1. The van der Waals surface area contributed by atoms with Gasteiger partial charge in [0.25, 0.3) is 11.6 Å². The molecular weight excluding hydrogens is 464 g/mol. The Morgan fingerprint density at radius 3 is 2.17 bits per heavy atom. The van der Waals surface area contributed by atoms with Gasteiger partial charge in [-0.3, -0.25) is 29.8 Å². The Morgan fingerprint density at radius 1 is 0.972 bits per heavy atom. The van der Waals surface area contributed by atoms with E-state index in [1.54, 1.807) is 0 Å². The highest BCUT2D eigenvalue weighted by atomic mass is 16.6. The summed E-state index contributed by atoms with van der Waals surface area (Å²) < 4.78 is 0. The second-order valence-electron chi connectivity index (χ2n) is 8.06. The average molecular weight is 486 g/mol. The molecule has 0 bridgehead atoms. The van der Waals surface area contributed by atoms with E-state index < -0.39 is 28.7 Å². The maximum Gasteiger partial charge on any atom is 0.293 e. The van der Waals surface area contributed by atoms with Crippen molar-refractivity contribution in [1.82, 2.24) is 10.3 Å². The molecule has 1 aromatic heterocycles. The highest BCUT2D eigenvalue weighted by molar-refractivity contribution is 6.10. The van der Waals surface area contributed by atoms with Crippen LogP contribution in [0.3, 0.4) is 0 Å². The third-order valence-electron chi connectivity index (χ3n) is 5.58. The summed E-state index contributed by atoms with van der Waals surface area (Å²) in [6.07, 6.45) is -0.154. The van der Waals surface area contributed by atoms with Gasteiger partial charge in [0.2, 0.25) is 11.8 Å². The largest absolute Gasteiger partial charge is 0.370 e. The molecule has 0 aliphatic heterocycles. The summed E-state index contributed by atoms with van der Waals surface area (Å²) >= 11 is 0. The molecule has 0 fully saturated rings. The van der Waals surface area contributed by atoms with E-state index >= 15 is 0 Å². The van der Waals surface area contributed by atoms with Crippen molar-refractivity contribution in [2.24, 2.45) is 11.5 Å². The van der Waals surface area contributed by atoms with Gasteiger partial charge in [-0.2, -0.15) is 0 Å². The van der Waals surface area contributed by atoms with Crippen LogP contribution in [0, 0.1) is 10.1 Å². The van der Waals surface area contributed by atoms with Crippen LogP contribution < -0.4 is 22.1 Å². The number of hydrogen-bond donors (Lipinski definition) is 4. The number of carbonyl (C=O) groups excluding carboxylic acids is 3. The van der Waals surface area contributed by atoms with E-state index in [0.29, 0.717) is 16.7 Å². The van der Waals surface area contributed by atoms with E-state index in [4.69, 9.17) is 11.5 Å².